The summed E-state index contributed by atoms with van der Waals surface area (Å²) < 4.78 is 25.6. The molecule has 0 unspecified atom stereocenters. The number of hydrogen-bond acceptors (Lipinski definition) is 3. The lowest BCUT2D eigenvalue weighted by Crippen LogP contribution is -2.40. The summed E-state index contributed by atoms with van der Waals surface area (Å²) in [4.78, 5) is 14.7. The van der Waals surface area contributed by atoms with Crippen molar-refractivity contribution in [2.75, 3.05) is 18.4 Å². The number of aliphatic imine (C=N–C) groups is 1. The summed E-state index contributed by atoms with van der Waals surface area (Å²) in [6, 6.07) is 11.0. The third-order valence-corrected chi connectivity index (χ3v) is 4.01. The van der Waals surface area contributed by atoms with Gasteiger partial charge < -0.3 is 10.2 Å². The lowest BCUT2D eigenvalue weighted by atomic mass is 10.1. The predicted octanol–water partition coefficient (Wildman–Crippen LogP) is 4.49. The minimum Gasteiger partial charge on any atom is -0.343 e. The number of nitrogens with zero attached hydrogens (tertiary/aromatic N) is 4. The number of likely N-dealkylation sites (tertiary alicyclic amines) is 1. The molecule has 0 aliphatic carbocycles. The van der Waals surface area contributed by atoms with E-state index in [-0.39, 0.29) is 36.2 Å². The first kappa shape index (κ1) is 20.5. The van der Waals surface area contributed by atoms with E-state index >= 15 is 0 Å². The standard InChI is InChI=1S/C18H21F2N5.HI/c19-17(20)15-9-10-21-16(24-15)13-22-18(25-11-5-2-6-12-25)23-14-7-3-1-4-8-14;/h1,3-4,7-10,17H,2,5-6,11-13H2,(H,22,23);1H. The summed E-state index contributed by atoms with van der Waals surface area (Å²) in [6.45, 7) is 2.01. The maximum absolute atomic E-state index is 12.8. The highest BCUT2D eigenvalue weighted by Crippen LogP contribution is 2.16. The van der Waals surface area contributed by atoms with Crippen LogP contribution in [0.15, 0.2) is 47.6 Å². The second kappa shape index (κ2) is 10.3. The molecule has 8 heteroatoms. The van der Waals surface area contributed by atoms with E-state index < -0.39 is 6.43 Å². The third-order valence-electron chi connectivity index (χ3n) is 4.01. The molecule has 1 aromatic carbocycles. The van der Waals surface area contributed by atoms with Crippen LogP contribution >= 0.6 is 24.0 Å². The van der Waals surface area contributed by atoms with E-state index in [1.54, 1.807) is 0 Å². The van der Waals surface area contributed by atoms with E-state index in [9.17, 15) is 8.78 Å². The van der Waals surface area contributed by atoms with E-state index in [2.05, 4.69) is 25.2 Å². The Morgan fingerprint density at radius 1 is 1.12 bits per heavy atom. The van der Waals surface area contributed by atoms with Crippen LogP contribution in [0.3, 0.4) is 0 Å². The van der Waals surface area contributed by atoms with Crippen LogP contribution in [0.2, 0.25) is 0 Å². The number of benzene rings is 1. The number of alkyl halides is 2. The Morgan fingerprint density at radius 2 is 1.85 bits per heavy atom. The summed E-state index contributed by atoms with van der Waals surface area (Å²) in [5, 5.41) is 3.33. The van der Waals surface area contributed by atoms with Gasteiger partial charge >= 0.3 is 0 Å². The second-order valence-electron chi connectivity index (χ2n) is 5.88. The minimum atomic E-state index is -2.60. The van der Waals surface area contributed by atoms with E-state index in [0.717, 1.165) is 37.6 Å². The van der Waals surface area contributed by atoms with Gasteiger partial charge in [-0.25, -0.2) is 23.7 Å². The van der Waals surface area contributed by atoms with E-state index in [1.807, 2.05) is 30.3 Å². The van der Waals surface area contributed by atoms with E-state index in [4.69, 9.17) is 0 Å². The quantitative estimate of drug-likeness (QED) is 0.404. The topological polar surface area (TPSA) is 53.4 Å². The molecule has 1 saturated heterocycles. The van der Waals surface area contributed by atoms with Gasteiger partial charge in [-0.2, -0.15) is 0 Å². The van der Waals surface area contributed by atoms with Crippen molar-refractivity contribution in [3.8, 4) is 0 Å². The number of guanidine groups is 1. The Kier molecular flexibility index (Phi) is 8.14. The first-order valence-corrected chi connectivity index (χ1v) is 8.44. The zero-order valence-electron chi connectivity index (χ0n) is 14.3. The number of para-hydroxylation sites is 1. The van der Waals surface area contributed by atoms with Gasteiger partial charge in [-0.3, -0.25) is 0 Å². The number of nitrogens with one attached hydrogen (secondary N) is 1. The Labute approximate surface area is 169 Å². The van der Waals surface area contributed by atoms with Crippen molar-refractivity contribution in [1.29, 1.82) is 0 Å². The molecule has 3 rings (SSSR count). The van der Waals surface area contributed by atoms with Gasteiger partial charge in [-0.15, -0.1) is 24.0 Å². The number of aromatic nitrogens is 2. The molecule has 0 spiro atoms. The zero-order chi connectivity index (χ0) is 17.5. The molecule has 1 aliphatic heterocycles. The van der Waals surface area contributed by atoms with Gasteiger partial charge in [0, 0.05) is 25.0 Å². The number of piperidine rings is 1. The van der Waals surface area contributed by atoms with Crippen molar-refractivity contribution >= 4 is 35.6 Å². The molecule has 1 N–H and O–H groups in total. The largest absolute Gasteiger partial charge is 0.343 e. The van der Waals surface area contributed by atoms with E-state index in [1.165, 1.54) is 18.7 Å². The summed E-state index contributed by atoms with van der Waals surface area (Å²) in [7, 11) is 0. The first-order chi connectivity index (χ1) is 12.2. The van der Waals surface area contributed by atoms with Gasteiger partial charge in [0.1, 0.15) is 18.1 Å². The van der Waals surface area contributed by atoms with Crippen LogP contribution in [0.25, 0.3) is 0 Å². The van der Waals surface area contributed by atoms with Crippen molar-refractivity contribution in [2.45, 2.75) is 32.2 Å². The predicted molar refractivity (Wildman–Crippen MR) is 109 cm³/mol. The first-order valence-electron chi connectivity index (χ1n) is 8.44. The van der Waals surface area contributed by atoms with Gasteiger partial charge in [0.15, 0.2) is 5.96 Å². The fourth-order valence-corrected chi connectivity index (χ4v) is 2.73. The maximum atomic E-state index is 12.8. The summed E-state index contributed by atoms with van der Waals surface area (Å²) in [5.41, 5.74) is 0.671. The number of anilines is 1. The zero-order valence-corrected chi connectivity index (χ0v) is 16.6. The van der Waals surface area contributed by atoms with Crippen molar-refractivity contribution in [1.82, 2.24) is 14.9 Å². The van der Waals surface area contributed by atoms with Crippen LogP contribution in [-0.4, -0.2) is 33.9 Å². The van der Waals surface area contributed by atoms with Gasteiger partial charge in [0.05, 0.1) is 0 Å². The summed E-state index contributed by atoms with van der Waals surface area (Å²) >= 11 is 0. The van der Waals surface area contributed by atoms with Crippen LogP contribution < -0.4 is 5.32 Å². The molecule has 0 bridgehead atoms. The molecular formula is C18H22F2IN5. The van der Waals surface area contributed by atoms with Gasteiger partial charge in [0.25, 0.3) is 6.43 Å². The molecule has 5 nitrogen and oxygen atoms in total. The average molecular weight is 473 g/mol. The molecule has 140 valence electrons. The molecule has 0 radical (unpaired) electrons. The lowest BCUT2D eigenvalue weighted by molar-refractivity contribution is 0.145. The summed E-state index contributed by atoms with van der Waals surface area (Å²) in [5.74, 6) is 1.03. The van der Waals surface area contributed by atoms with Crippen LogP contribution in [0, 0.1) is 0 Å². The monoisotopic (exact) mass is 473 g/mol. The molecule has 1 fully saturated rings. The minimum absolute atomic E-state index is 0. The van der Waals surface area contributed by atoms with Crippen molar-refractivity contribution in [3.63, 3.8) is 0 Å². The van der Waals surface area contributed by atoms with Gasteiger partial charge in [0.2, 0.25) is 0 Å². The fraction of sp³-hybridized carbons (Fsp3) is 0.389. The Hall–Kier alpha value is -1.84. The highest BCUT2D eigenvalue weighted by molar-refractivity contribution is 14.0. The highest BCUT2D eigenvalue weighted by Gasteiger charge is 2.15. The molecule has 0 atom stereocenters. The lowest BCUT2D eigenvalue weighted by Gasteiger charge is -2.30. The molecule has 1 aromatic heterocycles. The van der Waals surface area contributed by atoms with Crippen LogP contribution in [0.1, 0.15) is 37.2 Å². The second-order valence-corrected chi connectivity index (χ2v) is 5.88. The number of hydrogen-bond donors (Lipinski definition) is 1. The molecule has 0 amide bonds. The van der Waals surface area contributed by atoms with Crippen LogP contribution in [-0.2, 0) is 6.54 Å². The number of halogens is 3. The average Bonchev–Trinajstić information content (AvgIpc) is 2.67. The number of rotatable bonds is 4. The SMILES string of the molecule is FC(F)c1ccnc(CN=C(Nc2ccccc2)N2CCCCC2)n1.I. The smallest absolute Gasteiger partial charge is 0.280 e. The van der Waals surface area contributed by atoms with Crippen molar-refractivity contribution in [2.24, 2.45) is 4.99 Å². The van der Waals surface area contributed by atoms with Gasteiger partial charge in [-0.1, -0.05) is 18.2 Å². The molecule has 26 heavy (non-hydrogen) atoms. The van der Waals surface area contributed by atoms with Crippen LogP contribution in [0.5, 0.6) is 0 Å². The van der Waals surface area contributed by atoms with Crippen molar-refractivity contribution < 1.29 is 8.78 Å². The molecular weight excluding hydrogens is 451 g/mol. The van der Waals surface area contributed by atoms with Crippen LogP contribution in [0.4, 0.5) is 14.5 Å². The Balaban J connectivity index is 0.00000243. The summed E-state index contributed by atoms with van der Waals surface area (Å²) in [6.07, 6.45) is 2.20. The Bertz CT molecular complexity index is 706. The Morgan fingerprint density at radius 3 is 2.54 bits per heavy atom. The molecule has 2 heterocycles. The molecule has 0 saturated carbocycles. The van der Waals surface area contributed by atoms with Crippen molar-refractivity contribution in [3.05, 3.63) is 54.1 Å². The fourth-order valence-electron chi connectivity index (χ4n) is 2.73. The normalized spacial score (nSPS) is 14.9. The highest BCUT2D eigenvalue weighted by atomic mass is 127. The molecule has 1 aliphatic rings. The third kappa shape index (κ3) is 5.86. The maximum Gasteiger partial charge on any atom is 0.280 e. The van der Waals surface area contributed by atoms with E-state index in [0.29, 0.717) is 5.82 Å². The van der Waals surface area contributed by atoms with Gasteiger partial charge in [-0.05, 0) is 37.5 Å². The molecule has 2 aromatic rings.